The number of halogens is 1. The SMILES string of the molecule is CCOC(=O)CNC(=O)NCc1cc(Br)cs1. The van der Waals surface area contributed by atoms with Gasteiger partial charge in [-0.1, -0.05) is 0 Å². The number of nitrogens with one attached hydrogen (secondary N) is 2. The number of amides is 2. The summed E-state index contributed by atoms with van der Waals surface area (Å²) < 4.78 is 5.66. The molecule has 0 saturated carbocycles. The van der Waals surface area contributed by atoms with Crippen LogP contribution in [0.3, 0.4) is 0 Å². The first-order valence-corrected chi connectivity index (χ1v) is 6.69. The molecule has 1 aromatic rings. The largest absolute Gasteiger partial charge is 0.465 e. The quantitative estimate of drug-likeness (QED) is 0.814. The number of ether oxygens (including phenoxy) is 1. The van der Waals surface area contributed by atoms with Gasteiger partial charge in [0.05, 0.1) is 13.2 Å². The fourth-order valence-corrected chi connectivity index (χ4v) is 2.43. The van der Waals surface area contributed by atoms with Crippen molar-refractivity contribution in [2.45, 2.75) is 13.5 Å². The molecule has 1 aromatic heterocycles. The van der Waals surface area contributed by atoms with Crippen LogP contribution in [0.5, 0.6) is 0 Å². The second-order valence-electron chi connectivity index (χ2n) is 3.07. The van der Waals surface area contributed by atoms with E-state index in [1.165, 1.54) is 0 Å². The Hall–Kier alpha value is -1.08. The van der Waals surface area contributed by atoms with E-state index in [-0.39, 0.29) is 12.6 Å². The van der Waals surface area contributed by atoms with Crippen LogP contribution in [0.4, 0.5) is 4.79 Å². The van der Waals surface area contributed by atoms with Crippen molar-refractivity contribution >= 4 is 39.3 Å². The molecule has 0 aliphatic carbocycles. The topological polar surface area (TPSA) is 67.4 Å². The van der Waals surface area contributed by atoms with Gasteiger partial charge in [-0.3, -0.25) is 4.79 Å². The Labute approximate surface area is 112 Å². The number of carbonyl (C=O) groups excluding carboxylic acids is 2. The van der Waals surface area contributed by atoms with E-state index in [0.29, 0.717) is 13.2 Å². The van der Waals surface area contributed by atoms with Crippen LogP contribution in [0.1, 0.15) is 11.8 Å². The van der Waals surface area contributed by atoms with Crippen LogP contribution in [-0.2, 0) is 16.1 Å². The number of carbonyl (C=O) groups is 2. The number of hydrogen-bond donors (Lipinski definition) is 2. The minimum absolute atomic E-state index is 0.117. The molecule has 17 heavy (non-hydrogen) atoms. The van der Waals surface area contributed by atoms with Crippen LogP contribution in [0, 0.1) is 0 Å². The summed E-state index contributed by atoms with van der Waals surface area (Å²) in [5.41, 5.74) is 0. The van der Waals surface area contributed by atoms with Crippen LogP contribution in [0.2, 0.25) is 0 Å². The standard InChI is InChI=1S/C10H13BrN2O3S/c1-2-16-9(14)5-13-10(15)12-4-8-3-7(11)6-17-8/h3,6H,2,4-5H2,1H3,(H2,12,13,15). The van der Waals surface area contributed by atoms with Crippen LogP contribution in [-0.4, -0.2) is 25.2 Å². The maximum atomic E-state index is 11.3. The molecule has 1 rings (SSSR count). The summed E-state index contributed by atoms with van der Waals surface area (Å²) in [6.07, 6.45) is 0. The minimum atomic E-state index is -0.443. The summed E-state index contributed by atoms with van der Waals surface area (Å²) in [7, 11) is 0. The van der Waals surface area contributed by atoms with Crippen molar-refractivity contribution < 1.29 is 14.3 Å². The molecule has 0 radical (unpaired) electrons. The van der Waals surface area contributed by atoms with Crippen LogP contribution in [0.25, 0.3) is 0 Å². The van der Waals surface area contributed by atoms with Crippen LogP contribution >= 0.6 is 27.3 Å². The average molecular weight is 321 g/mol. The van der Waals surface area contributed by atoms with Gasteiger partial charge in [-0.2, -0.15) is 0 Å². The monoisotopic (exact) mass is 320 g/mol. The van der Waals surface area contributed by atoms with Gasteiger partial charge < -0.3 is 15.4 Å². The first kappa shape index (κ1) is 14.0. The van der Waals surface area contributed by atoms with E-state index in [9.17, 15) is 9.59 Å². The molecule has 0 aliphatic heterocycles. The molecule has 0 unspecified atom stereocenters. The van der Waals surface area contributed by atoms with Crippen molar-refractivity contribution in [3.8, 4) is 0 Å². The summed E-state index contributed by atoms with van der Waals surface area (Å²) >= 11 is 4.87. The molecule has 0 atom stereocenters. The zero-order valence-electron chi connectivity index (χ0n) is 9.29. The fourth-order valence-electron chi connectivity index (χ4n) is 1.04. The number of urea groups is 1. The molecule has 0 saturated heterocycles. The summed E-state index contributed by atoms with van der Waals surface area (Å²) in [6.45, 7) is 2.34. The Balaban J connectivity index is 2.19. The Morgan fingerprint density at radius 1 is 1.47 bits per heavy atom. The van der Waals surface area contributed by atoms with Crippen molar-refractivity contribution in [2.75, 3.05) is 13.2 Å². The summed E-state index contributed by atoms with van der Waals surface area (Å²) in [4.78, 5) is 23.3. The minimum Gasteiger partial charge on any atom is -0.465 e. The highest BCUT2D eigenvalue weighted by atomic mass is 79.9. The Kier molecular flexibility index (Phi) is 5.99. The van der Waals surface area contributed by atoms with E-state index in [1.807, 2.05) is 11.4 Å². The highest BCUT2D eigenvalue weighted by Gasteiger charge is 2.05. The van der Waals surface area contributed by atoms with E-state index < -0.39 is 5.97 Å². The van der Waals surface area contributed by atoms with E-state index >= 15 is 0 Å². The maximum Gasteiger partial charge on any atom is 0.325 e. The van der Waals surface area contributed by atoms with Gasteiger partial charge in [0, 0.05) is 14.7 Å². The third-order valence-electron chi connectivity index (χ3n) is 1.74. The van der Waals surface area contributed by atoms with Crippen molar-refractivity contribution in [2.24, 2.45) is 0 Å². The number of rotatable bonds is 5. The van der Waals surface area contributed by atoms with Gasteiger partial charge >= 0.3 is 12.0 Å². The molecule has 5 nitrogen and oxygen atoms in total. The first-order chi connectivity index (χ1) is 8.11. The van der Waals surface area contributed by atoms with Crippen LogP contribution < -0.4 is 10.6 Å². The van der Waals surface area contributed by atoms with Gasteiger partial charge in [-0.15, -0.1) is 11.3 Å². The Morgan fingerprint density at radius 2 is 2.24 bits per heavy atom. The molecule has 0 aliphatic rings. The number of thiophene rings is 1. The molecule has 0 aromatic carbocycles. The van der Waals surface area contributed by atoms with Crippen molar-refractivity contribution in [1.29, 1.82) is 0 Å². The number of hydrogen-bond acceptors (Lipinski definition) is 4. The van der Waals surface area contributed by atoms with Gasteiger partial charge in [0.15, 0.2) is 0 Å². The van der Waals surface area contributed by atoms with Crippen molar-refractivity contribution in [1.82, 2.24) is 10.6 Å². The molecule has 0 fully saturated rings. The van der Waals surface area contributed by atoms with E-state index in [1.54, 1.807) is 18.3 Å². The van der Waals surface area contributed by atoms with Crippen LogP contribution in [0.15, 0.2) is 15.9 Å². The molecule has 2 amide bonds. The lowest BCUT2D eigenvalue weighted by Gasteiger charge is -2.06. The lowest BCUT2D eigenvalue weighted by molar-refractivity contribution is -0.141. The Bertz CT molecular complexity index is 395. The summed E-state index contributed by atoms with van der Waals surface area (Å²) in [5, 5.41) is 6.99. The third-order valence-corrected chi connectivity index (χ3v) is 3.44. The molecular weight excluding hydrogens is 308 g/mol. The molecule has 94 valence electrons. The average Bonchev–Trinajstić information content (AvgIpc) is 2.70. The molecular formula is C10H13BrN2O3S. The smallest absolute Gasteiger partial charge is 0.325 e. The second-order valence-corrected chi connectivity index (χ2v) is 4.98. The lowest BCUT2D eigenvalue weighted by Crippen LogP contribution is -2.38. The fraction of sp³-hybridized carbons (Fsp3) is 0.400. The molecule has 2 N–H and O–H groups in total. The second kappa shape index (κ2) is 7.29. The lowest BCUT2D eigenvalue weighted by atomic mass is 10.5. The third kappa shape index (κ3) is 5.69. The Morgan fingerprint density at radius 3 is 2.82 bits per heavy atom. The zero-order chi connectivity index (χ0) is 12.7. The van der Waals surface area contributed by atoms with Gasteiger partial charge in [0.1, 0.15) is 6.54 Å². The van der Waals surface area contributed by atoms with Crippen molar-refractivity contribution in [3.05, 3.63) is 20.8 Å². The van der Waals surface area contributed by atoms with E-state index in [0.717, 1.165) is 9.35 Å². The van der Waals surface area contributed by atoms with Gasteiger partial charge in [0.25, 0.3) is 0 Å². The molecule has 0 bridgehead atoms. The predicted molar refractivity (Wildman–Crippen MR) is 68.9 cm³/mol. The van der Waals surface area contributed by atoms with Gasteiger partial charge in [-0.25, -0.2) is 4.79 Å². The highest BCUT2D eigenvalue weighted by Crippen LogP contribution is 2.19. The van der Waals surface area contributed by atoms with Crippen molar-refractivity contribution in [3.63, 3.8) is 0 Å². The highest BCUT2D eigenvalue weighted by molar-refractivity contribution is 9.10. The van der Waals surface area contributed by atoms with E-state index in [4.69, 9.17) is 0 Å². The predicted octanol–water partition coefficient (Wildman–Crippen LogP) is 1.87. The van der Waals surface area contributed by atoms with Gasteiger partial charge in [0.2, 0.25) is 0 Å². The molecule has 7 heteroatoms. The summed E-state index contributed by atoms with van der Waals surface area (Å²) in [6, 6.07) is 1.54. The first-order valence-electron chi connectivity index (χ1n) is 5.02. The zero-order valence-corrected chi connectivity index (χ0v) is 11.7. The summed E-state index contributed by atoms with van der Waals surface area (Å²) in [5.74, 6) is -0.443. The molecule has 1 heterocycles. The normalized spacial score (nSPS) is 9.76. The molecule has 0 spiro atoms. The van der Waals surface area contributed by atoms with Gasteiger partial charge in [-0.05, 0) is 28.9 Å². The number of esters is 1. The van der Waals surface area contributed by atoms with E-state index in [2.05, 4.69) is 31.3 Å². The maximum absolute atomic E-state index is 11.3.